The van der Waals surface area contributed by atoms with Crippen LogP contribution in [0.5, 0.6) is 0 Å². The molecule has 8 nitrogen and oxygen atoms in total. The predicted octanol–water partition coefficient (Wildman–Crippen LogP) is 3.44. The maximum atomic E-state index is 13.1. The lowest BCUT2D eigenvalue weighted by atomic mass is 10.1. The highest BCUT2D eigenvalue weighted by atomic mass is 16.5. The third-order valence-electron chi connectivity index (χ3n) is 4.86. The molecule has 4 amide bonds. The average molecular weight is 423 g/mol. The van der Waals surface area contributed by atoms with Crippen LogP contribution in [-0.4, -0.2) is 47.4 Å². The molecule has 1 unspecified atom stereocenters. The number of para-hydroxylation sites is 1. The van der Waals surface area contributed by atoms with Crippen molar-refractivity contribution in [3.8, 4) is 0 Å². The highest BCUT2D eigenvalue weighted by Gasteiger charge is 2.47. The van der Waals surface area contributed by atoms with E-state index in [2.05, 4.69) is 5.32 Å². The fourth-order valence-electron chi connectivity index (χ4n) is 3.52. The number of benzene rings is 2. The van der Waals surface area contributed by atoms with Crippen molar-refractivity contribution in [3.63, 3.8) is 0 Å². The summed E-state index contributed by atoms with van der Waals surface area (Å²) in [6.07, 6.45) is -0.199. The second-order valence-electron chi connectivity index (χ2n) is 7.36. The highest BCUT2D eigenvalue weighted by Crippen LogP contribution is 2.28. The van der Waals surface area contributed by atoms with Crippen LogP contribution in [-0.2, 0) is 14.3 Å². The van der Waals surface area contributed by atoms with E-state index in [9.17, 15) is 19.2 Å². The van der Waals surface area contributed by atoms with E-state index in [4.69, 9.17) is 4.74 Å². The SMILES string of the molecule is CCOC(=O)c1cccc(NC(=O)CC2C(=O)N(c3ccccc3)C(=O)N2C(C)C)c1. The van der Waals surface area contributed by atoms with Crippen molar-refractivity contribution < 1.29 is 23.9 Å². The summed E-state index contributed by atoms with van der Waals surface area (Å²) in [4.78, 5) is 53.1. The molecule has 1 heterocycles. The molecule has 2 aromatic rings. The van der Waals surface area contributed by atoms with Gasteiger partial charge in [0.2, 0.25) is 5.91 Å². The Labute approximate surface area is 180 Å². The monoisotopic (exact) mass is 423 g/mol. The molecule has 31 heavy (non-hydrogen) atoms. The number of hydrogen-bond acceptors (Lipinski definition) is 5. The van der Waals surface area contributed by atoms with Crippen molar-refractivity contribution in [2.24, 2.45) is 0 Å². The number of ether oxygens (including phenoxy) is 1. The van der Waals surface area contributed by atoms with Gasteiger partial charge in [-0.15, -0.1) is 0 Å². The third-order valence-corrected chi connectivity index (χ3v) is 4.86. The molecule has 3 rings (SSSR count). The molecule has 1 atom stereocenters. The van der Waals surface area contributed by atoms with Gasteiger partial charge in [0.05, 0.1) is 24.3 Å². The lowest BCUT2D eigenvalue weighted by molar-refractivity contribution is -0.124. The summed E-state index contributed by atoms with van der Waals surface area (Å²) in [7, 11) is 0. The van der Waals surface area contributed by atoms with Crippen molar-refractivity contribution in [2.75, 3.05) is 16.8 Å². The molecule has 0 aliphatic carbocycles. The quantitative estimate of drug-likeness (QED) is 0.544. The largest absolute Gasteiger partial charge is 0.462 e. The maximum Gasteiger partial charge on any atom is 0.338 e. The second-order valence-corrected chi connectivity index (χ2v) is 7.36. The summed E-state index contributed by atoms with van der Waals surface area (Å²) in [5.41, 5.74) is 1.18. The summed E-state index contributed by atoms with van der Waals surface area (Å²) in [5.74, 6) is -1.37. The molecule has 0 radical (unpaired) electrons. The molecule has 0 bridgehead atoms. The first kappa shape index (κ1) is 22.0. The van der Waals surface area contributed by atoms with Crippen molar-refractivity contribution in [2.45, 2.75) is 39.3 Å². The third kappa shape index (κ3) is 4.74. The van der Waals surface area contributed by atoms with Crippen LogP contribution in [0.15, 0.2) is 54.6 Å². The summed E-state index contributed by atoms with van der Waals surface area (Å²) < 4.78 is 4.97. The van der Waals surface area contributed by atoms with Gasteiger partial charge in [-0.05, 0) is 51.1 Å². The smallest absolute Gasteiger partial charge is 0.338 e. The molecule has 162 valence electrons. The Kier molecular flexibility index (Phi) is 6.69. The molecular formula is C23H25N3O5. The van der Waals surface area contributed by atoms with Gasteiger partial charge in [-0.1, -0.05) is 24.3 Å². The molecule has 1 fully saturated rings. The van der Waals surface area contributed by atoms with Gasteiger partial charge >= 0.3 is 12.0 Å². The van der Waals surface area contributed by atoms with Gasteiger partial charge in [-0.2, -0.15) is 0 Å². The van der Waals surface area contributed by atoms with E-state index in [1.807, 2.05) is 0 Å². The van der Waals surface area contributed by atoms with Crippen LogP contribution in [0.3, 0.4) is 0 Å². The van der Waals surface area contributed by atoms with Gasteiger partial charge in [0.1, 0.15) is 6.04 Å². The van der Waals surface area contributed by atoms with Crippen molar-refractivity contribution >= 4 is 35.2 Å². The first-order valence-electron chi connectivity index (χ1n) is 10.1. The molecule has 1 saturated heterocycles. The van der Waals surface area contributed by atoms with Gasteiger partial charge in [-0.3, -0.25) is 9.59 Å². The van der Waals surface area contributed by atoms with Crippen LogP contribution in [0.1, 0.15) is 37.6 Å². The topological polar surface area (TPSA) is 96.0 Å². The van der Waals surface area contributed by atoms with Crippen LogP contribution in [0.2, 0.25) is 0 Å². The summed E-state index contributed by atoms with van der Waals surface area (Å²) in [5, 5.41) is 2.70. The number of carbonyl (C=O) groups is 4. The van der Waals surface area contributed by atoms with E-state index in [1.165, 1.54) is 11.0 Å². The molecule has 1 N–H and O–H groups in total. The molecular weight excluding hydrogens is 398 g/mol. The fourth-order valence-corrected chi connectivity index (χ4v) is 3.52. The van der Waals surface area contributed by atoms with Crippen LogP contribution in [0, 0.1) is 0 Å². The number of urea groups is 1. The van der Waals surface area contributed by atoms with Crippen LogP contribution in [0.4, 0.5) is 16.2 Å². The molecule has 8 heteroatoms. The molecule has 0 aromatic heterocycles. The zero-order chi connectivity index (χ0) is 22.5. The lowest BCUT2D eigenvalue weighted by Gasteiger charge is -2.25. The molecule has 1 aliphatic rings. The maximum absolute atomic E-state index is 13.1. The molecule has 2 aromatic carbocycles. The van der Waals surface area contributed by atoms with E-state index in [1.54, 1.807) is 69.3 Å². The lowest BCUT2D eigenvalue weighted by Crippen LogP contribution is -2.42. The van der Waals surface area contributed by atoms with E-state index in [0.717, 1.165) is 4.90 Å². The minimum Gasteiger partial charge on any atom is -0.462 e. The zero-order valence-electron chi connectivity index (χ0n) is 17.7. The van der Waals surface area contributed by atoms with Gasteiger partial charge in [0.15, 0.2) is 0 Å². The summed E-state index contributed by atoms with van der Waals surface area (Å²) in [6, 6.07) is 13.4. The number of imide groups is 1. The van der Waals surface area contributed by atoms with E-state index >= 15 is 0 Å². The van der Waals surface area contributed by atoms with Crippen LogP contribution < -0.4 is 10.2 Å². The van der Waals surface area contributed by atoms with Gasteiger partial charge < -0.3 is 15.0 Å². The number of rotatable bonds is 7. The Balaban J connectivity index is 1.77. The second kappa shape index (κ2) is 9.42. The first-order chi connectivity index (χ1) is 14.8. The van der Waals surface area contributed by atoms with E-state index < -0.39 is 29.9 Å². The van der Waals surface area contributed by atoms with Crippen molar-refractivity contribution in [3.05, 3.63) is 60.2 Å². The number of esters is 1. The van der Waals surface area contributed by atoms with E-state index in [-0.39, 0.29) is 19.1 Å². The van der Waals surface area contributed by atoms with Crippen molar-refractivity contribution in [1.82, 2.24) is 4.90 Å². The van der Waals surface area contributed by atoms with Gasteiger partial charge in [-0.25, -0.2) is 14.5 Å². The van der Waals surface area contributed by atoms with Crippen LogP contribution in [0.25, 0.3) is 0 Å². The number of nitrogens with one attached hydrogen (secondary N) is 1. The average Bonchev–Trinajstić information content (AvgIpc) is 2.98. The summed E-state index contributed by atoms with van der Waals surface area (Å²) >= 11 is 0. The Morgan fingerprint density at radius 1 is 1.06 bits per heavy atom. The number of anilines is 2. The number of hydrogen-bond donors (Lipinski definition) is 1. The fraction of sp³-hybridized carbons (Fsp3) is 0.304. The van der Waals surface area contributed by atoms with Crippen molar-refractivity contribution in [1.29, 1.82) is 0 Å². The van der Waals surface area contributed by atoms with Gasteiger partial charge in [0, 0.05) is 11.7 Å². The van der Waals surface area contributed by atoms with Crippen LogP contribution >= 0.6 is 0 Å². The predicted molar refractivity (Wildman–Crippen MR) is 116 cm³/mol. The summed E-state index contributed by atoms with van der Waals surface area (Å²) in [6.45, 7) is 5.56. The number of carbonyl (C=O) groups excluding carboxylic acids is 4. The number of nitrogens with zero attached hydrogens (tertiary/aromatic N) is 2. The zero-order valence-corrected chi connectivity index (χ0v) is 17.7. The Morgan fingerprint density at radius 2 is 1.77 bits per heavy atom. The minimum absolute atomic E-state index is 0.199. The molecule has 0 spiro atoms. The normalized spacial score (nSPS) is 16.1. The molecule has 0 saturated carbocycles. The Hall–Kier alpha value is -3.68. The van der Waals surface area contributed by atoms with E-state index in [0.29, 0.717) is 16.9 Å². The number of amides is 4. The molecule has 1 aliphatic heterocycles. The first-order valence-corrected chi connectivity index (χ1v) is 10.1. The van der Waals surface area contributed by atoms with Gasteiger partial charge in [0.25, 0.3) is 5.91 Å². The minimum atomic E-state index is -0.916. The Morgan fingerprint density at radius 3 is 2.42 bits per heavy atom. The highest BCUT2D eigenvalue weighted by molar-refractivity contribution is 6.22. The Bertz CT molecular complexity index is 990. The standard InChI is InChI=1S/C23H25N3O5/c1-4-31-22(29)16-9-8-10-17(13-16)24-20(27)14-19-21(28)26(18-11-6-5-7-12-18)23(30)25(19)15(2)3/h5-13,15,19H,4,14H2,1-3H3,(H,24,27).